The third-order valence-corrected chi connectivity index (χ3v) is 2.69. The molecule has 0 spiro atoms. The standard InChI is InChI=1S/C7H8N4OS/c1-3-9-7-5(13-3)4(6(8)12)10-11(7)2/h1-2H3,(H2,8,12). The number of primary amides is 1. The molecule has 2 N–H and O–H groups in total. The number of rotatable bonds is 1. The van der Waals surface area contributed by atoms with Crippen molar-refractivity contribution in [2.24, 2.45) is 12.8 Å². The Labute approximate surface area is 78.2 Å². The summed E-state index contributed by atoms with van der Waals surface area (Å²) in [5.74, 6) is -0.505. The Morgan fingerprint density at radius 3 is 2.92 bits per heavy atom. The number of hydrogen-bond donors (Lipinski definition) is 1. The van der Waals surface area contributed by atoms with Crippen molar-refractivity contribution in [1.29, 1.82) is 0 Å². The molecular weight excluding hydrogens is 188 g/mol. The second kappa shape index (κ2) is 2.53. The Balaban J connectivity index is 2.83. The van der Waals surface area contributed by atoms with Gasteiger partial charge in [-0.3, -0.25) is 4.79 Å². The van der Waals surface area contributed by atoms with Crippen LogP contribution >= 0.6 is 11.3 Å². The van der Waals surface area contributed by atoms with Crippen LogP contribution in [0.15, 0.2) is 0 Å². The maximum absolute atomic E-state index is 11.0. The Morgan fingerprint density at radius 1 is 1.62 bits per heavy atom. The first-order chi connectivity index (χ1) is 6.09. The Kier molecular flexibility index (Phi) is 1.59. The minimum absolute atomic E-state index is 0.308. The molecule has 0 bridgehead atoms. The molecule has 2 aromatic rings. The predicted octanol–water partition coefficient (Wildman–Crippen LogP) is 0.437. The fraction of sp³-hybridized carbons (Fsp3) is 0.286. The van der Waals surface area contributed by atoms with Crippen LogP contribution in [0.25, 0.3) is 10.3 Å². The van der Waals surface area contributed by atoms with Gasteiger partial charge in [0.2, 0.25) is 0 Å². The van der Waals surface area contributed by atoms with E-state index in [9.17, 15) is 4.79 Å². The smallest absolute Gasteiger partial charge is 0.270 e. The molecule has 13 heavy (non-hydrogen) atoms. The van der Waals surface area contributed by atoms with E-state index in [1.54, 1.807) is 11.7 Å². The maximum atomic E-state index is 11.0. The Bertz CT molecular complexity index is 484. The van der Waals surface area contributed by atoms with E-state index in [-0.39, 0.29) is 0 Å². The molecule has 0 aromatic carbocycles. The highest BCUT2D eigenvalue weighted by Gasteiger charge is 2.16. The van der Waals surface area contributed by atoms with Crippen molar-refractivity contribution in [2.45, 2.75) is 6.92 Å². The quantitative estimate of drug-likeness (QED) is 0.719. The molecule has 0 aliphatic carbocycles. The lowest BCUT2D eigenvalue weighted by Gasteiger charge is -1.87. The summed E-state index contributed by atoms with van der Waals surface area (Å²) in [6.07, 6.45) is 0. The van der Waals surface area contributed by atoms with Gasteiger partial charge >= 0.3 is 0 Å². The zero-order chi connectivity index (χ0) is 9.59. The molecule has 0 saturated heterocycles. The number of amides is 1. The lowest BCUT2D eigenvalue weighted by molar-refractivity contribution is 0.0996. The summed E-state index contributed by atoms with van der Waals surface area (Å²) in [6, 6.07) is 0. The van der Waals surface area contributed by atoms with Crippen molar-refractivity contribution in [2.75, 3.05) is 0 Å². The molecule has 0 unspecified atom stereocenters. The van der Waals surface area contributed by atoms with Crippen LogP contribution in [0.5, 0.6) is 0 Å². The van der Waals surface area contributed by atoms with Gasteiger partial charge in [-0.05, 0) is 6.92 Å². The first-order valence-corrected chi connectivity index (χ1v) is 4.51. The van der Waals surface area contributed by atoms with E-state index < -0.39 is 5.91 Å². The number of carbonyl (C=O) groups is 1. The van der Waals surface area contributed by atoms with Crippen LogP contribution in [-0.2, 0) is 7.05 Å². The van der Waals surface area contributed by atoms with Crippen LogP contribution in [-0.4, -0.2) is 20.7 Å². The number of aryl methyl sites for hydroxylation is 2. The molecule has 5 nitrogen and oxygen atoms in total. The number of thiazole rings is 1. The largest absolute Gasteiger partial charge is 0.364 e. The van der Waals surface area contributed by atoms with E-state index in [0.717, 1.165) is 15.4 Å². The molecule has 0 atom stereocenters. The number of nitrogens with two attached hydrogens (primary N) is 1. The van der Waals surface area contributed by atoms with Crippen LogP contribution in [0.2, 0.25) is 0 Å². The monoisotopic (exact) mass is 196 g/mol. The molecule has 0 radical (unpaired) electrons. The van der Waals surface area contributed by atoms with Gasteiger partial charge in [0.15, 0.2) is 11.3 Å². The second-order valence-electron chi connectivity index (χ2n) is 2.72. The third kappa shape index (κ3) is 1.10. The van der Waals surface area contributed by atoms with Gasteiger partial charge in [-0.2, -0.15) is 5.10 Å². The van der Waals surface area contributed by atoms with Gasteiger partial charge in [-0.25, -0.2) is 9.67 Å². The van der Waals surface area contributed by atoms with E-state index in [1.807, 2.05) is 6.92 Å². The number of fused-ring (bicyclic) bond motifs is 1. The summed E-state index contributed by atoms with van der Waals surface area (Å²) >= 11 is 1.43. The van der Waals surface area contributed by atoms with Crippen LogP contribution in [0, 0.1) is 6.92 Å². The molecule has 2 heterocycles. The highest BCUT2D eigenvalue weighted by atomic mass is 32.1. The highest BCUT2D eigenvalue weighted by Crippen LogP contribution is 2.23. The van der Waals surface area contributed by atoms with Gasteiger partial charge < -0.3 is 5.73 Å². The normalized spacial score (nSPS) is 10.9. The van der Waals surface area contributed by atoms with Gasteiger partial charge in [0.1, 0.15) is 4.70 Å². The van der Waals surface area contributed by atoms with Crippen LogP contribution in [0.3, 0.4) is 0 Å². The van der Waals surface area contributed by atoms with Gasteiger partial charge in [0.25, 0.3) is 5.91 Å². The molecule has 0 aliphatic rings. The fourth-order valence-electron chi connectivity index (χ4n) is 1.19. The minimum atomic E-state index is -0.505. The predicted molar refractivity (Wildman–Crippen MR) is 49.6 cm³/mol. The average Bonchev–Trinajstić information content (AvgIpc) is 2.51. The summed E-state index contributed by atoms with van der Waals surface area (Å²) in [5.41, 5.74) is 6.19. The summed E-state index contributed by atoms with van der Waals surface area (Å²) in [7, 11) is 1.74. The van der Waals surface area contributed by atoms with Crippen molar-refractivity contribution in [3.63, 3.8) is 0 Å². The molecule has 0 aliphatic heterocycles. The molecule has 0 fully saturated rings. The van der Waals surface area contributed by atoms with Crippen molar-refractivity contribution in [3.8, 4) is 0 Å². The number of carbonyl (C=O) groups excluding carboxylic acids is 1. The molecule has 2 aromatic heterocycles. The van der Waals surface area contributed by atoms with Gasteiger partial charge in [0.05, 0.1) is 5.01 Å². The molecule has 6 heteroatoms. The minimum Gasteiger partial charge on any atom is -0.364 e. The van der Waals surface area contributed by atoms with Gasteiger partial charge in [0, 0.05) is 7.05 Å². The molecule has 1 amide bonds. The van der Waals surface area contributed by atoms with E-state index in [1.165, 1.54) is 11.3 Å². The molecular formula is C7H8N4OS. The summed E-state index contributed by atoms with van der Waals surface area (Å²) in [4.78, 5) is 15.2. The molecule has 0 saturated carbocycles. The molecule has 68 valence electrons. The van der Waals surface area contributed by atoms with Crippen molar-refractivity contribution in [3.05, 3.63) is 10.7 Å². The topological polar surface area (TPSA) is 73.8 Å². The van der Waals surface area contributed by atoms with Crippen LogP contribution < -0.4 is 5.73 Å². The second-order valence-corrected chi connectivity index (χ2v) is 3.93. The number of hydrogen-bond acceptors (Lipinski definition) is 4. The van der Waals surface area contributed by atoms with Crippen molar-refractivity contribution >= 4 is 27.6 Å². The van der Waals surface area contributed by atoms with Gasteiger partial charge in [-0.1, -0.05) is 0 Å². The lowest BCUT2D eigenvalue weighted by atomic mass is 10.4. The molecule has 2 rings (SSSR count). The van der Waals surface area contributed by atoms with E-state index in [2.05, 4.69) is 10.1 Å². The first-order valence-electron chi connectivity index (χ1n) is 3.69. The first kappa shape index (κ1) is 8.18. The SMILES string of the molecule is Cc1nc2c(s1)c(C(N)=O)nn2C. The van der Waals surface area contributed by atoms with Gasteiger partial charge in [-0.15, -0.1) is 11.3 Å². The van der Waals surface area contributed by atoms with E-state index in [4.69, 9.17) is 5.73 Å². The lowest BCUT2D eigenvalue weighted by Crippen LogP contribution is -2.12. The van der Waals surface area contributed by atoms with Crippen molar-refractivity contribution in [1.82, 2.24) is 14.8 Å². The summed E-state index contributed by atoms with van der Waals surface area (Å²) in [5, 5.41) is 4.89. The zero-order valence-electron chi connectivity index (χ0n) is 7.24. The Morgan fingerprint density at radius 2 is 2.31 bits per heavy atom. The zero-order valence-corrected chi connectivity index (χ0v) is 8.05. The fourth-order valence-corrected chi connectivity index (χ4v) is 2.13. The highest BCUT2D eigenvalue weighted by molar-refractivity contribution is 7.18. The number of nitrogens with zero attached hydrogens (tertiary/aromatic N) is 3. The summed E-state index contributed by atoms with van der Waals surface area (Å²) < 4.78 is 2.34. The van der Waals surface area contributed by atoms with Crippen LogP contribution in [0.4, 0.5) is 0 Å². The number of aromatic nitrogens is 3. The van der Waals surface area contributed by atoms with E-state index in [0.29, 0.717) is 5.69 Å². The average molecular weight is 196 g/mol. The maximum Gasteiger partial charge on any atom is 0.270 e. The third-order valence-electron chi connectivity index (χ3n) is 1.72. The van der Waals surface area contributed by atoms with Crippen LogP contribution in [0.1, 0.15) is 15.5 Å². The Hall–Kier alpha value is -1.43. The van der Waals surface area contributed by atoms with E-state index >= 15 is 0 Å². The summed E-state index contributed by atoms with van der Waals surface area (Å²) in [6.45, 7) is 1.88. The van der Waals surface area contributed by atoms with Crippen molar-refractivity contribution < 1.29 is 4.79 Å².